The van der Waals surface area contributed by atoms with E-state index in [1.165, 1.54) is 5.56 Å². The van der Waals surface area contributed by atoms with Crippen LogP contribution in [0, 0.1) is 12.3 Å². The Morgan fingerprint density at radius 3 is 2.53 bits per heavy atom. The Hall–Kier alpha value is -1.26. The zero-order chi connectivity index (χ0) is 10.7. The minimum absolute atomic E-state index is 0.0120. The summed E-state index contributed by atoms with van der Waals surface area (Å²) in [5, 5.41) is 10.1. The molecule has 1 N–H and O–H groups in total. The van der Waals surface area contributed by atoms with Crippen LogP contribution >= 0.6 is 0 Å². The van der Waals surface area contributed by atoms with E-state index in [0.29, 0.717) is 12.8 Å². The molecule has 0 spiro atoms. The number of aliphatic hydroxyl groups is 1. The molecule has 0 radical (unpaired) electrons. The Morgan fingerprint density at radius 1 is 1.33 bits per heavy atom. The van der Waals surface area contributed by atoms with Crippen molar-refractivity contribution in [3.63, 3.8) is 0 Å². The fourth-order valence-electron chi connectivity index (χ4n) is 2.22. The number of terminal acetylenes is 1. The molecule has 15 heavy (non-hydrogen) atoms. The lowest BCUT2D eigenvalue weighted by Crippen LogP contribution is -2.25. The topological polar surface area (TPSA) is 20.2 Å². The van der Waals surface area contributed by atoms with Gasteiger partial charge < -0.3 is 5.11 Å². The monoisotopic (exact) mass is 200 g/mol. The van der Waals surface area contributed by atoms with Crippen LogP contribution in [-0.2, 0) is 5.41 Å². The molecule has 78 valence electrons. The zero-order valence-corrected chi connectivity index (χ0v) is 8.82. The SMILES string of the molecule is C#CCCC(O)C1(c2ccccc2)CC1. The predicted molar refractivity (Wildman–Crippen MR) is 61.4 cm³/mol. The summed E-state index contributed by atoms with van der Waals surface area (Å²) in [5.74, 6) is 2.59. The molecular weight excluding hydrogens is 184 g/mol. The van der Waals surface area contributed by atoms with Crippen LogP contribution in [0.2, 0.25) is 0 Å². The first-order chi connectivity index (χ1) is 7.29. The Balaban J connectivity index is 2.11. The van der Waals surface area contributed by atoms with Crippen molar-refractivity contribution in [2.45, 2.75) is 37.2 Å². The van der Waals surface area contributed by atoms with Crippen molar-refractivity contribution in [2.75, 3.05) is 0 Å². The van der Waals surface area contributed by atoms with Gasteiger partial charge >= 0.3 is 0 Å². The number of aliphatic hydroxyl groups excluding tert-OH is 1. The lowest BCUT2D eigenvalue weighted by Gasteiger charge is -2.22. The maximum atomic E-state index is 10.1. The summed E-state index contributed by atoms with van der Waals surface area (Å²) < 4.78 is 0. The summed E-state index contributed by atoms with van der Waals surface area (Å²) in [5.41, 5.74) is 1.27. The summed E-state index contributed by atoms with van der Waals surface area (Å²) in [4.78, 5) is 0. The summed E-state index contributed by atoms with van der Waals surface area (Å²) in [7, 11) is 0. The molecule has 1 aliphatic carbocycles. The molecular formula is C14H16O. The number of rotatable bonds is 4. The fraction of sp³-hybridized carbons (Fsp3) is 0.429. The first kappa shape index (κ1) is 10.3. The van der Waals surface area contributed by atoms with Crippen LogP contribution in [0.15, 0.2) is 30.3 Å². The van der Waals surface area contributed by atoms with Gasteiger partial charge in [0.1, 0.15) is 0 Å². The molecule has 0 aromatic heterocycles. The van der Waals surface area contributed by atoms with Gasteiger partial charge in [0.15, 0.2) is 0 Å². The van der Waals surface area contributed by atoms with Crippen molar-refractivity contribution >= 4 is 0 Å². The van der Waals surface area contributed by atoms with E-state index >= 15 is 0 Å². The third-order valence-corrected chi connectivity index (χ3v) is 3.34. The number of hydrogen-bond donors (Lipinski definition) is 1. The molecule has 1 aliphatic rings. The molecule has 0 heterocycles. The van der Waals surface area contributed by atoms with Crippen LogP contribution in [0.3, 0.4) is 0 Å². The summed E-state index contributed by atoms with van der Waals surface area (Å²) >= 11 is 0. The van der Waals surface area contributed by atoms with Gasteiger partial charge in [-0.3, -0.25) is 0 Å². The molecule has 1 atom stereocenters. The molecule has 0 bridgehead atoms. The molecule has 1 heteroatoms. The molecule has 0 amide bonds. The van der Waals surface area contributed by atoms with E-state index in [2.05, 4.69) is 18.1 Å². The van der Waals surface area contributed by atoms with Crippen molar-refractivity contribution < 1.29 is 5.11 Å². The second-order valence-corrected chi connectivity index (χ2v) is 4.28. The van der Waals surface area contributed by atoms with E-state index in [1.807, 2.05) is 18.2 Å². The van der Waals surface area contributed by atoms with Crippen LogP contribution < -0.4 is 0 Å². The van der Waals surface area contributed by atoms with E-state index in [0.717, 1.165) is 12.8 Å². The number of benzene rings is 1. The highest BCUT2D eigenvalue weighted by molar-refractivity contribution is 5.32. The van der Waals surface area contributed by atoms with Crippen molar-refractivity contribution in [2.24, 2.45) is 0 Å². The average molecular weight is 200 g/mol. The van der Waals surface area contributed by atoms with Crippen molar-refractivity contribution in [3.05, 3.63) is 35.9 Å². The van der Waals surface area contributed by atoms with Gasteiger partial charge in [0.2, 0.25) is 0 Å². The van der Waals surface area contributed by atoms with Gasteiger partial charge in [-0.15, -0.1) is 12.3 Å². The van der Waals surface area contributed by atoms with Crippen molar-refractivity contribution in [3.8, 4) is 12.3 Å². The molecule has 2 rings (SSSR count). The zero-order valence-electron chi connectivity index (χ0n) is 8.82. The van der Waals surface area contributed by atoms with Gasteiger partial charge in [-0.1, -0.05) is 30.3 Å². The average Bonchev–Trinajstić information content (AvgIpc) is 3.08. The third-order valence-electron chi connectivity index (χ3n) is 3.34. The fourth-order valence-corrected chi connectivity index (χ4v) is 2.22. The predicted octanol–water partition coefficient (Wildman–Crippen LogP) is 2.49. The van der Waals surface area contributed by atoms with Crippen LogP contribution in [0.4, 0.5) is 0 Å². The molecule has 0 aliphatic heterocycles. The summed E-state index contributed by atoms with van der Waals surface area (Å²) in [6.45, 7) is 0. The van der Waals surface area contributed by atoms with Crippen molar-refractivity contribution in [1.29, 1.82) is 0 Å². The van der Waals surface area contributed by atoms with Crippen molar-refractivity contribution in [1.82, 2.24) is 0 Å². The van der Waals surface area contributed by atoms with E-state index < -0.39 is 0 Å². The highest BCUT2D eigenvalue weighted by Crippen LogP contribution is 2.51. The first-order valence-corrected chi connectivity index (χ1v) is 5.47. The molecule has 0 saturated heterocycles. The maximum absolute atomic E-state index is 10.1. The highest BCUT2D eigenvalue weighted by atomic mass is 16.3. The second-order valence-electron chi connectivity index (χ2n) is 4.28. The third kappa shape index (κ3) is 1.91. The molecule has 1 aromatic rings. The Bertz CT molecular complexity index is 357. The van der Waals surface area contributed by atoms with E-state index in [-0.39, 0.29) is 11.5 Å². The first-order valence-electron chi connectivity index (χ1n) is 5.47. The smallest absolute Gasteiger partial charge is 0.0645 e. The molecule has 1 aromatic carbocycles. The van der Waals surface area contributed by atoms with Gasteiger partial charge in [-0.2, -0.15) is 0 Å². The Labute approximate surface area is 91.1 Å². The summed E-state index contributed by atoms with van der Waals surface area (Å²) in [6.07, 6.45) is 8.48. The van der Waals surface area contributed by atoms with Gasteiger partial charge in [0.05, 0.1) is 6.10 Å². The maximum Gasteiger partial charge on any atom is 0.0645 e. The summed E-state index contributed by atoms with van der Waals surface area (Å²) in [6, 6.07) is 10.3. The van der Waals surface area contributed by atoms with Gasteiger partial charge in [0, 0.05) is 11.8 Å². The second kappa shape index (κ2) is 4.08. The van der Waals surface area contributed by atoms with Crippen LogP contribution in [0.5, 0.6) is 0 Å². The van der Waals surface area contributed by atoms with Crippen LogP contribution in [0.25, 0.3) is 0 Å². The Morgan fingerprint density at radius 2 is 2.00 bits per heavy atom. The molecule has 1 nitrogen and oxygen atoms in total. The van der Waals surface area contributed by atoms with E-state index in [9.17, 15) is 5.11 Å². The Kier molecular flexibility index (Phi) is 2.79. The van der Waals surface area contributed by atoms with Gasteiger partial charge in [-0.05, 0) is 24.8 Å². The lowest BCUT2D eigenvalue weighted by atomic mass is 9.88. The normalized spacial score (nSPS) is 19.2. The van der Waals surface area contributed by atoms with Crippen LogP contribution in [-0.4, -0.2) is 11.2 Å². The highest BCUT2D eigenvalue weighted by Gasteiger charge is 2.49. The molecule has 1 fully saturated rings. The van der Waals surface area contributed by atoms with Crippen LogP contribution in [0.1, 0.15) is 31.2 Å². The van der Waals surface area contributed by atoms with Gasteiger partial charge in [-0.25, -0.2) is 0 Å². The van der Waals surface area contributed by atoms with E-state index in [4.69, 9.17) is 6.42 Å². The quantitative estimate of drug-likeness (QED) is 0.740. The largest absolute Gasteiger partial charge is 0.392 e. The van der Waals surface area contributed by atoms with Gasteiger partial charge in [0.25, 0.3) is 0 Å². The lowest BCUT2D eigenvalue weighted by molar-refractivity contribution is 0.124. The van der Waals surface area contributed by atoms with E-state index in [1.54, 1.807) is 0 Å². The molecule has 1 saturated carbocycles. The number of hydrogen-bond acceptors (Lipinski definition) is 1. The minimum atomic E-state index is -0.282. The molecule has 1 unspecified atom stereocenters. The minimum Gasteiger partial charge on any atom is -0.392 e. The standard InChI is InChI=1S/C14H16O/c1-2-3-9-13(15)14(10-11-14)12-7-5-4-6-8-12/h1,4-8,13,15H,3,9-11H2.